The Morgan fingerprint density at radius 2 is 2.13 bits per heavy atom. The van der Waals surface area contributed by atoms with Gasteiger partial charge in [-0.05, 0) is 37.1 Å². The minimum absolute atomic E-state index is 0.302. The summed E-state index contributed by atoms with van der Waals surface area (Å²) in [4.78, 5) is 16.7. The Kier molecular flexibility index (Phi) is 3.14. The first kappa shape index (κ1) is 13.6. The second-order valence-electron chi connectivity index (χ2n) is 5.46. The van der Waals surface area contributed by atoms with Crippen molar-refractivity contribution in [1.29, 1.82) is 0 Å². The van der Waals surface area contributed by atoms with Crippen molar-refractivity contribution in [3.05, 3.63) is 41.4 Å². The summed E-state index contributed by atoms with van der Waals surface area (Å²) in [6, 6.07) is 7.01. The summed E-state index contributed by atoms with van der Waals surface area (Å²) in [6.45, 7) is 1.70. The van der Waals surface area contributed by atoms with Gasteiger partial charge in [0, 0.05) is 17.0 Å². The van der Waals surface area contributed by atoms with Gasteiger partial charge in [-0.15, -0.1) is 0 Å². The molecular weight excluding hydrogens is 298 g/mol. The number of amides is 1. The standard InChI is InChI=1S/C15H13N5O3/c1-8-12(20-23-18-8)16-14(21)11-4-2-3-10(7-11)13-17-15(22-19-13)9-5-6-9/h2-4,7,9H,5-6H2,1H3,(H,16,20,21). The number of carbonyl (C=O) groups is 1. The van der Waals surface area contributed by atoms with Crippen molar-refractivity contribution in [2.24, 2.45) is 0 Å². The molecule has 3 aromatic rings. The van der Waals surface area contributed by atoms with E-state index >= 15 is 0 Å². The molecule has 0 radical (unpaired) electrons. The van der Waals surface area contributed by atoms with Gasteiger partial charge in [0.15, 0.2) is 0 Å². The maximum absolute atomic E-state index is 12.3. The van der Waals surface area contributed by atoms with E-state index < -0.39 is 0 Å². The summed E-state index contributed by atoms with van der Waals surface area (Å²) >= 11 is 0. The fraction of sp³-hybridized carbons (Fsp3) is 0.267. The van der Waals surface area contributed by atoms with Crippen LogP contribution in [-0.4, -0.2) is 26.4 Å². The zero-order chi connectivity index (χ0) is 15.8. The van der Waals surface area contributed by atoms with E-state index in [-0.39, 0.29) is 5.91 Å². The molecule has 2 heterocycles. The molecule has 23 heavy (non-hydrogen) atoms. The lowest BCUT2D eigenvalue weighted by molar-refractivity contribution is 0.102. The van der Waals surface area contributed by atoms with Crippen molar-refractivity contribution in [3.63, 3.8) is 0 Å². The van der Waals surface area contributed by atoms with Crippen LogP contribution in [0.4, 0.5) is 5.82 Å². The summed E-state index contributed by atoms with van der Waals surface area (Å²) < 4.78 is 9.81. The van der Waals surface area contributed by atoms with Crippen LogP contribution in [0.1, 0.15) is 40.7 Å². The lowest BCUT2D eigenvalue weighted by atomic mass is 10.1. The van der Waals surface area contributed by atoms with E-state index in [2.05, 4.69) is 30.4 Å². The van der Waals surface area contributed by atoms with Crippen LogP contribution in [-0.2, 0) is 0 Å². The minimum atomic E-state index is -0.309. The van der Waals surface area contributed by atoms with Crippen LogP contribution in [0.15, 0.2) is 33.4 Å². The Balaban J connectivity index is 1.57. The van der Waals surface area contributed by atoms with Gasteiger partial charge in [-0.2, -0.15) is 4.98 Å². The molecule has 0 unspecified atom stereocenters. The molecule has 0 saturated heterocycles. The predicted molar refractivity (Wildman–Crippen MR) is 78.7 cm³/mol. The largest absolute Gasteiger partial charge is 0.339 e. The van der Waals surface area contributed by atoms with Crippen molar-refractivity contribution in [1.82, 2.24) is 20.5 Å². The second kappa shape index (κ2) is 5.31. The Morgan fingerprint density at radius 3 is 2.87 bits per heavy atom. The molecule has 8 nitrogen and oxygen atoms in total. The van der Waals surface area contributed by atoms with E-state index in [9.17, 15) is 4.79 Å². The Hall–Kier alpha value is -3.03. The van der Waals surface area contributed by atoms with Crippen LogP contribution < -0.4 is 5.32 Å². The van der Waals surface area contributed by atoms with Crippen LogP contribution in [0, 0.1) is 6.92 Å². The van der Waals surface area contributed by atoms with Gasteiger partial charge in [-0.1, -0.05) is 22.4 Å². The zero-order valence-corrected chi connectivity index (χ0v) is 12.3. The number of hydrogen-bond acceptors (Lipinski definition) is 7. The first-order valence-corrected chi connectivity index (χ1v) is 7.25. The number of aromatic nitrogens is 4. The molecule has 0 aliphatic heterocycles. The number of nitrogens with one attached hydrogen (secondary N) is 1. The van der Waals surface area contributed by atoms with Gasteiger partial charge < -0.3 is 9.84 Å². The maximum Gasteiger partial charge on any atom is 0.256 e. The molecule has 116 valence electrons. The molecule has 0 spiro atoms. The number of anilines is 1. The van der Waals surface area contributed by atoms with Crippen molar-refractivity contribution in [3.8, 4) is 11.4 Å². The van der Waals surface area contributed by atoms with Gasteiger partial charge in [0.25, 0.3) is 5.91 Å². The normalized spacial score (nSPS) is 14.0. The van der Waals surface area contributed by atoms with Crippen LogP contribution in [0.3, 0.4) is 0 Å². The number of hydrogen-bond donors (Lipinski definition) is 1. The molecule has 8 heteroatoms. The Morgan fingerprint density at radius 1 is 1.26 bits per heavy atom. The Bertz CT molecular complexity index is 865. The first-order chi connectivity index (χ1) is 11.2. The van der Waals surface area contributed by atoms with Gasteiger partial charge >= 0.3 is 0 Å². The molecular formula is C15H13N5O3. The van der Waals surface area contributed by atoms with E-state index in [1.165, 1.54) is 0 Å². The summed E-state index contributed by atoms with van der Waals surface area (Å²) in [5, 5.41) is 13.9. The van der Waals surface area contributed by atoms with Gasteiger partial charge in [-0.25, -0.2) is 4.63 Å². The SMILES string of the molecule is Cc1nonc1NC(=O)c1cccc(-c2noc(C3CC3)n2)c1. The highest BCUT2D eigenvalue weighted by atomic mass is 16.6. The Labute approximate surface area is 130 Å². The first-order valence-electron chi connectivity index (χ1n) is 7.25. The van der Waals surface area contributed by atoms with Crippen LogP contribution >= 0.6 is 0 Å². The van der Waals surface area contributed by atoms with E-state index in [4.69, 9.17) is 4.52 Å². The van der Waals surface area contributed by atoms with Gasteiger partial charge in [0.1, 0.15) is 5.69 Å². The average Bonchev–Trinajstić information content (AvgIpc) is 3.16. The number of rotatable bonds is 4. The minimum Gasteiger partial charge on any atom is -0.339 e. The highest BCUT2D eigenvalue weighted by Crippen LogP contribution is 2.39. The molecule has 1 N–H and O–H groups in total. The quantitative estimate of drug-likeness (QED) is 0.788. The summed E-state index contributed by atoms with van der Waals surface area (Å²) in [5.74, 6) is 1.54. The molecule has 0 atom stereocenters. The molecule has 1 aliphatic carbocycles. The van der Waals surface area contributed by atoms with Gasteiger partial charge in [0.2, 0.25) is 17.5 Å². The van der Waals surface area contributed by atoms with Gasteiger partial charge in [-0.3, -0.25) is 4.79 Å². The van der Waals surface area contributed by atoms with Crippen molar-refractivity contribution in [2.75, 3.05) is 5.32 Å². The second-order valence-corrected chi connectivity index (χ2v) is 5.46. The zero-order valence-electron chi connectivity index (χ0n) is 12.3. The molecule has 2 aromatic heterocycles. The number of carbonyl (C=O) groups excluding carboxylic acids is 1. The average molecular weight is 311 g/mol. The highest BCUT2D eigenvalue weighted by Gasteiger charge is 2.29. The van der Waals surface area contributed by atoms with E-state index in [1.807, 2.05) is 6.07 Å². The van der Waals surface area contributed by atoms with Crippen LogP contribution in [0.25, 0.3) is 11.4 Å². The number of nitrogens with zero attached hydrogens (tertiary/aromatic N) is 4. The fourth-order valence-electron chi connectivity index (χ4n) is 2.17. The topological polar surface area (TPSA) is 107 Å². The van der Waals surface area contributed by atoms with E-state index in [0.29, 0.717) is 34.7 Å². The molecule has 1 fully saturated rings. The lowest BCUT2D eigenvalue weighted by Crippen LogP contribution is -2.13. The lowest BCUT2D eigenvalue weighted by Gasteiger charge is -2.03. The van der Waals surface area contributed by atoms with E-state index in [0.717, 1.165) is 18.4 Å². The molecule has 1 aliphatic rings. The highest BCUT2D eigenvalue weighted by molar-refractivity contribution is 6.04. The third kappa shape index (κ3) is 2.70. The fourth-order valence-corrected chi connectivity index (χ4v) is 2.17. The molecule has 4 rings (SSSR count). The van der Waals surface area contributed by atoms with Crippen LogP contribution in [0.2, 0.25) is 0 Å². The molecule has 1 saturated carbocycles. The smallest absolute Gasteiger partial charge is 0.256 e. The van der Waals surface area contributed by atoms with Crippen molar-refractivity contribution < 1.29 is 13.9 Å². The molecule has 1 aromatic carbocycles. The van der Waals surface area contributed by atoms with Crippen molar-refractivity contribution in [2.45, 2.75) is 25.7 Å². The third-order valence-corrected chi connectivity index (χ3v) is 3.64. The number of aryl methyl sites for hydroxylation is 1. The van der Waals surface area contributed by atoms with Crippen molar-refractivity contribution >= 4 is 11.7 Å². The van der Waals surface area contributed by atoms with Crippen LogP contribution in [0.5, 0.6) is 0 Å². The molecule has 0 bridgehead atoms. The van der Waals surface area contributed by atoms with E-state index in [1.54, 1.807) is 25.1 Å². The summed E-state index contributed by atoms with van der Waals surface area (Å²) in [6.07, 6.45) is 2.18. The maximum atomic E-state index is 12.3. The predicted octanol–water partition coefficient (Wildman–Crippen LogP) is 2.56. The monoisotopic (exact) mass is 311 g/mol. The summed E-state index contributed by atoms with van der Waals surface area (Å²) in [7, 11) is 0. The summed E-state index contributed by atoms with van der Waals surface area (Å²) in [5.41, 5.74) is 1.70. The number of benzene rings is 1. The van der Waals surface area contributed by atoms with Gasteiger partial charge in [0.05, 0.1) is 0 Å². The molecule has 1 amide bonds. The third-order valence-electron chi connectivity index (χ3n) is 3.64.